The van der Waals surface area contributed by atoms with E-state index in [-0.39, 0.29) is 5.84 Å². The van der Waals surface area contributed by atoms with E-state index in [1.165, 1.54) is 0 Å². The first-order valence-corrected chi connectivity index (χ1v) is 4.10. The summed E-state index contributed by atoms with van der Waals surface area (Å²) in [5.74, 6) is -1.51. The number of aliphatic carboxylic acids is 1. The Kier molecular flexibility index (Phi) is 3.07. The summed E-state index contributed by atoms with van der Waals surface area (Å²) < 4.78 is 0. The molecule has 0 atom stereocenters. The van der Waals surface area contributed by atoms with Crippen molar-refractivity contribution in [3.8, 4) is 0 Å². The van der Waals surface area contributed by atoms with Gasteiger partial charge in [0.25, 0.3) is 0 Å². The molecular formula is C7H14N4O2. The quantitative estimate of drug-likeness (QED) is 0.388. The van der Waals surface area contributed by atoms with Crippen molar-refractivity contribution in [1.82, 2.24) is 9.91 Å². The molecule has 1 aliphatic heterocycles. The number of carboxylic acids is 1. The molecule has 0 amide bonds. The fourth-order valence-electron chi connectivity index (χ4n) is 1.09. The minimum Gasteiger partial charge on any atom is -0.475 e. The van der Waals surface area contributed by atoms with Gasteiger partial charge in [0.1, 0.15) is 0 Å². The second-order valence-corrected chi connectivity index (χ2v) is 3.05. The zero-order valence-electron chi connectivity index (χ0n) is 7.60. The van der Waals surface area contributed by atoms with Crippen LogP contribution in [0.2, 0.25) is 0 Å². The van der Waals surface area contributed by atoms with E-state index in [1.54, 1.807) is 5.01 Å². The van der Waals surface area contributed by atoms with Gasteiger partial charge in [0.05, 0.1) is 0 Å². The average molecular weight is 186 g/mol. The molecule has 0 radical (unpaired) electrons. The van der Waals surface area contributed by atoms with Crippen LogP contribution in [0, 0.1) is 0 Å². The third kappa shape index (κ3) is 2.90. The Hall–Kier alpha value is -1.30. The molecule has 1 fully saturated rings. The van der Waals surface area contributed by atoms with Gasteiger partial charge in [-0.15, -0.1) is 0 Å². The number of carboxylic acid groups (broad SMARTS) is 1. The van der Waals surface area contributed by atoms with Crippen molar-refractivity contribution in [3.63, 3.8) is 0 Å². The van der Waals surface area contributed by atoms with E-state index in [2.05, 4.69) is 10.0 Å². The van der Waals surface area contributed by atoms with Gasteiger partial charge in [0, 0.05) is 26.2 Å². The molecule has 3 N–H and O–H groups in total. The second kappa shape index (κ2) is 4.08. The lowest BCUT2D eigenvalue weighted by Crippen LogP contribution is -2.43. The molecule has 1 rings (SSSR count). The van der Waals surface area contributed by atoms with Crippen LogP contribution < -0.4 is 5.73 Å². The number of nitrogens with two attached hydrogens (primary N) is 1. The van der Waals surface area contributed by atoms with Crippen LogP contribution in [0.25, 0.3) is 0 Å². The van der Waals surface area contributed by atoms with Gasteiger partial charge in [0.2, 0.25) is 5.84 Å². The van der Waals surface area contributed by atoms with E-state index in [0.717, 1.165) is 26.2 Å². The smallest absolute Gasteiger partial charge is 0.373 e. The average Bonchev–Trinajstić information content (AvgIpc) is 2.08. The zero-order chi connectivity index (χ0) is 9.84. The molecule has 0 bridgehead atoms. The van der Waals surface area contributed by atoms with Crippen LogP contribution >= 0.6 is 0 Å². The van der Waals surface area contributed by atoms with E-state index in [4.69, 9.17) is 10.8 Å². The molecule has 74 valence electrons. The van der Waals surface area contributed by atoms with E-state index in [9.17, 15) is 4.79 Å². The largest absolute Gasteiger partial charge is 0.475 e. The minimum atomic E-state index is -1.17. The number of hydrogen-bond acceptors (Lipinski definition) is 4. The summed E-state index contributed by atoms with van der Waals surface area (Å²) in [4.78, 5) is 12.5. The number of carbonyl (C=O) groups is 1. The van der Waals surface area contributed by atoms with Crippen LogP contribution in [0.1, 0.15) is 0 Å². The lowest BCUT2D eigenvalue weighted by Gasteiger charge is -2.30. The molecule has 0 saturated carbocycles. The molecule has 0 aromatic rings. The van der Waals surface area contributed by atoms with Crippen molar-refractivity contribution in [2.75, 3.05) is 33.2 Å². The Morgan fingerprint density at radius 3 is 2.38 bits per heavy atom. The predicted octanol–water partition coefficient (Wildman–Crippen LogP) is -1.41. The SMILES string of the molecule is CN1CCN(/N=C(\N)C(=O)O)CC1. The monoisotopic (exact) mass is 186 g/mol. The molecule has 1 saturated heterocycles. The van der Waals surface area contributed by atoms with E-state index in [0.29, 0.717) is 0 Å². The van der Waals surface area contributed by atoms with Gasteiger partial charge < -0.3 is 15.7 Å². The van der Waals surface area contributed by atoms with E-state index in [1.807, 2.05) is 7.05 Å². The molecule has 1 heterocycles. The van der Waals surface area contributed by atoms with Gasteiger partial charge in [-0.3, -0.25) is 5.01 Å². The molecule has 6 nitrogen and oxygen atoms in total. The highest BCUT2D eigenvalue weighted by atomic mass is 16.4. The highest BCUT2D eigenvalue weighted by molar-refractivity contribution is 6.33. The van der Waals surface area contributed by atoms with E-state index >= 15 is 0 Å². The number of piperazine rings is 1. The molecular weight excluding hydrogens is 172 g/mol. The number of hydrazone groups is 1. The molecule has 13 heavy (non-hydrogen) atoms. The summed E-state index contributed by atoms with van der Waals surface area (Å²) in [6.07, 6.45) is 0. The number of amidine groups is 1. The summed E-state index contributed by atoms with van der Waals surface area (Å²) in [7, 11) is 2.02. The summed E-state index contributed by atoms with van der Waals surface area (Å²) >= 11 is 0. The Morgan fingerprint density at radius 1 is 1.38 bits per heavy atom. The van der Waals surface area contributed by atoms with E-state index < -0.39 is 5.97 Å². The van der Waals surface area contributed by atoms with Crippen molar-refractivity contribution in [2.24, 2.45) is 10.8 Å². The minimum absolute atomic E-state index is 0.343. The predicted molar refractivity (Wildman–Crippen MR) is 48.3 cm³/mol. The maximum absolute atomic E-state index is 10.3. The maximum Gasteiger partial charge on any atom is 0.373 e. The molecule has 0 aromatic heterocycles. The third-order valence-electron chi connectivity index (χ3n) is 1.95. The fraction of sp³-hybridized carbons (Fsp3) is 0.714. The highest BCUT2D eigenvalue weighted by Gasteiger charge is 2.13. The number of hydrogen-bond donors (Lipinski definition) is 2. The normalized spacial score (nSPS) is 20.4. The second-order valence-electron chi connectivity index (χ2n) is 3.05. The van der Waals surface area contributed by atoms with Crippen molar-refractivity contribution in [2.45, 2.75) is 0 Å². The standard InChI is InChI=1S/C7H14N4O2/c1-10-2-4-11(5-3-10)9-6(8)7(12)13/h2-5H2,1H3,(H2,8,9)(H,12,13). The summed E-state index contributed by atoms with van der Waals surface area (Å²) in [5.41, 5.74) is 5.18. The summed E-state index contributed by atoms with van der Waals surface area (Å²) in [6.45, 7) is 3.22. The third-order valence-corrected chi connectivity index (χ3v) is 1.95. The van der Waals surface area contributed by atoms with Gasteiger partial charge in [-0.05, 0) is 7.05 Å². The first kappa shape index (κ1) is 9.79. The van der Waals surface area contributed by atoms with Gasteiger partial charge in [-0.2, -0.15) is 5.10 Å². The molecule has 1 aliphatic rings. The zero-order valence-corrected chi connectivity index (χ0v) is 7.60. The number of nitrogens with zero attached hydrogens (tertiary/aromatic N) is 3. The van der Waals surface area contributed by atoms with Gasteiger partial charge in [-0.25, -0.2) is 4.79 Å². The Balaban J connectivity index is 2.46. The van der Waals surface area contributed by atoms with Crippen LogP contribution in [-0.4, -0.2) is 60.0 Å². The van der Waals surface area contributed by atoms with Gasteiger partial charge in [0.15, 0.2) is 0 Å². The fourth-order valence-corrected chi connectivity index (χ4v) is 1.09. The Bertz CT molecular complexity index is 221. The number of rotatable bonds is 1. The summed E-state index contributed by atoms with van der Waals surface area (Å²) in [5, 5.41) is 13.9. The van der Waals surface area contributed by atoms with Crippen molar-refractivity contribution < 1.29 is 9.90 Å². The first-order valence-electron chi connectivity index (χ1n) is 4.10. The maximum atomic E-state index is 10.3. The van der Waals surface area contributed by atoms with Crippen molar-refractivity contribution >= 4 is 11.8 Å². The van der Waals surface area contributed by atoms with Crippen LogP contribution in [0.3, 0.4) is 0 Å². The van der Waals surface area contributed by atoms with Crippen LogP contribution in [0.5, 0.6) is 0 Å². The van der Waals surface area contributed by atoms with Crippen molar-refractivity contribution in [3.05, 3.63) is 0 Å². The molecule has 0 aliphatic carbocycles. The Morgan fingerprint density at radius 2 is 1.92 bits per heavy atom. The number of likely N-dealkylation sites (N-methyl/N-ethyl adjacent to an activating group) is 1. The lowest BCUT2D eigenvalue weighted by molar-refractivity contribution is -0.129. The topological polar surface area (TPSA) is 82.2 Å². The molecule has 0 aromatic carbocycles. The molecule has 6 heteroatoms. The molecule has 0 spiro atoms. The Labute approximate surface area is 76.6 Å². The highest BCUT2D eigenvalue weighted by Crippen LogP contribution is 1.98. The lowest BCUT2D eigenvalue weighted by atomic mass is 10.4. The van der Waals surface area contributed by atoms with Gasteiger partial charge in [-0.1, -0.05) is 0 Å². The first-order chi connectivity index (χ1) is 6.09. The van der Waals surface area contributed by atoms with Crippen molar-refractivity contribution in [1.29, 1.82) is 0 Å². The van der Waals surface area contributed by atoms with Gasteiger partial charge >= 0.3 is 5.97 Å². The summed E-state index contributed by atoms with van der Waals surface area (Å²) in [6, 6.07) is 0. The molecule has 0 unspecified atom stereocenters. The van der Waals surface area contributed by atoms with Crippen LogP contribution in [0.15, 0.2) is 5.10 Å². The van der Waals surface area contributed by atoms with Crippen LogP contribution in [-0.2, 0) is 4.79 Å². The van der Waals surface area contributed by atoms with Crippen LogP contribution in [0.4, 0.5) is 0 Å².